The van der Waals surface area contributed by atoms with Gasteiger partial charge in [0, 0.05) is 20.1 Å². The lowest BCUT2D eigenvalue weighted by atomic mass is 10.1. The Balaban J connectivity index is 2.16. The smallest absolute Gasteiger partial charge is 0.231 e. The largest absolute Gasteiger partial charge is 0.268 e. The Labute approximate surface area is 225 Å². The van der Waals surface area contributed by atoms with E-state index in [-0.39, 0.29) is 4.90 Å². The van der Waals surface area contributed by atoms with Crippen molar-refractivity contribution >= 4 is 87.1 Å². The highest BCUT2D eigenvalue weighted by molar-refractivity contribution is 14.1. The molecule has 4 rings (SSSR count). The minimum atomic E-state index is -3.88. The van der Waals surface area contributed by atoms with Gasteiger partial charge in [-0.3, -0.25) is 0 Å². The summed E-state index contributed by atoms with van der Waals surface area (Å²) in [5.41, 5.74) is 3.93. The maximum Gasteiger partial charge on any atom is 0.268 e. The van der Waals surface area contributed by atoms with Gasteiger partial charge in [-0.2, -0.15) is 0 Å². The van der Waals surface area contributed by atoms with Crippen molar-refractivity contribution in [1.82, 2.24) is 3.97 Å². The van der Waals surface area contributed by atoms with Gasteiger partial charge >= 0.3 is 0 Å². The first kappa shape index (κ1) is 23.5. The number of aromatic nitrogens is 1. The van der Waals surface area contributed by atoms with E-state index in [0.29, 0.717) is 11.4 Å². The van der Waals surface area contributed by atoms with E-state index in [0.717, 1.165) is 32.8 Å². The van der Waals surface area contributed by atoms with E-state index in [1.807, 2.05) is 67.6 Å². The zero-order valence-electron chi connectivity index (χ0n) is 16.1. The maximum absolute atomic E-state index is 14.0. The van der Waals surface area contributed by atoms with Crippen molar-refractivity contribution in [2.75, 3.05) is 0 Å². The van der Waals surface area contributed by atoms with Crippen molar-refractivity contribution in [2.24, 2.45) is 0 Å². The average Bonchev–Trinajstić information content (AvgIpc) is 3.01. The van der Waals surface area contributed by atoms with Crippen LogP contribution in [0.1, 0.15) is 5.56 Å². The highest BCUT2D eigenvalue weighted by atomic mass is 127. The lowest BCUT2D eigenvalue weighted by Crippen LogP contribution is -2.16. The topological polar surface area (TPSA) is 39.1 Å². The summed E-state index contributed by atoms with van der Waals surface area (Å²) in [4.78, 5) is 0.252. The van der Waals surface area contributed by atoms with E-state index in [1.54, 1.807) is 12.1 Å². The molecule has 0 aliphatic carbocycles. The first-order valence-corrected chi connectivity index (χ1v) is 14.3. The molecule has 0 atom stereocenters. The maximum atomic E-state index is 14.0. The minimum Gasteiger partial charge on any atom is -0.231 e. The standard InChI is InChI=1S/C23H15Br2I2NO2S/c1-14-10-12-15(13-11-14)31(29,30)28-22(16-6-2-4-8-18(16)24)20(26)21(27)23(28)17-7-3-5-9-19(17)25/h2-13H,1H3. The van der Waals surface area contributed by atoms with Gasteiger partial charge in [-0.25, -0.2) is 12.4 Å². The van der Waals surface area contributed by atoms with E-state index in [9.17, 15) is 8.42 Å². The number of nitrogens with zero attached hydrogens (tertiary/aromatic N) is 1. The molecule has 8 heteroatoms. The van der Waals surface area contributed by atoms with Gasteiger partial charge in [0.05, 0.1) is 23.4 Å². The molecule has 3 aromatic carbocycles. The third-order valence-corrected chi connectivity index (χ3v) is 11.1. The van der Waals surface area contributed by atoms with Crippen LogP contribution in [-0.2, 0) is 10.0 Å². The number of halogens is 4. The van der Waals surface area contributed by atoms with Crippen molar-refractivity contribution in [3.8, 4) is 22.5 Å². The second-order valence-electron chi connectivity index (χ2n) is 6.87. The minimum absolute atomic E-state index is 0.252. The lowest BCUT2D eigenvalue weighted by Gasteiger charge is -2.16. The second kappa shape index (κ2) is 9.28. The number of rotatable bonds is 4. The molecule has 0 amide bonds. The normalized spacial score (nSPS) is 11.6. The summed E-state index contributed by atoms with van der Waals surface area (Å²) in [5, 5.41) is 0. The van der Waals surface area contributed by atoms with Crippen molar-refractivity contribution in [3.63, 3.8) is 0 Å². The van der Waals surface area contributed by atoms with E-state index in [2.05, 4.69) is 77.0 Å². The zero-order valence-corrected chi connectivity index (χ0v) is 24.4. The molecule has 0 spiro atoms. The Morgan fingerprint density at radius 1 is 0.710 bits per heavy atom. The molecule has 31 heavy (non-hydrogen) atoms. The molecule has 1 aromatic heterocycles. The van der Waals surface area contributed by atoms with Gasteiger partial charge < -0.3 is 0 Å². The average molecular weight is 783 g/mol. The fraction of sp³-hybridized carbons (Fsp3) is 0.0435. The van der Waals surface area contributed by atoms with Crippen LogP contribution in [0.3, 0.4) is 0 Å². The number of hydrogen-bond donors (Lipinski definition) is 0. The van der Waals surface area contributed by atoms with E-state index in [4.69, 9.17) is 0 Å². The van der Waals surface area contributed by atoms with Crippen LogP contribution in [0.5, 0.6) is 0 Å². The summed E-state index contributed by atoms with van der Waals surface area (Å²) in [6, 6.07) is 22.3. The number of hydrogen-bond acceptors (Lipinski definition) is 2. The molecule has 158 valence electrons. The monoisotopic (exact) mass is 781 g/mol. The van der Waals surface area contributed by atoms with Gasteiger partial charge in [0.2, 0.25) is 0 Å². The van der Waals surface area contributed by atoms with Crippen molar-refractivity contribution in [3.05, 3.63) is 94.4 Å². The molecule has 0 unspecified atom stereocenters. The predicted octanol–water partition coefficient (Wildman–Crippen LogP) is 8.10. The third kappa shape index (κ3) is 4.30. The summed E-state index contributed by atoms with van der Waals surface area (Å²) in [7, 11) is -3.88. The first-order valence-electron chi connectivity index (χ1n) is 9.15. The number of aryl methyl sites for hydroxylation is 1. The van der Waals surface area contributed by atoms with Crippen molar-refractivity contribution < 1.29 is 8.42 Å². The van der Waals surface area contributed by atoms with Crippen molar-refractivity contribution in [2.45, 2.75) is 11.8 Å². The summed E-state index contributed by atoms with van der Waals surface area (Å²) in [5.74, 6) is 0. The predicted molar refractivity (Wildman–Crippen MR) is 150 cm³/mol. The summed E-state index contributed by atoms with van der Waals surface area (Å²) >= 11 is 11.7. The van der Waals surface area contributed by atoms with Crippen LogP contribution in [0.15, 0.2) is 86.6 Å². The molecular formula is C23H15Br2I2NO2S. The summed E-state index contributed by atoms with van der Waals surface area (Å²) < 4.78 is 33.0. The van der Waals surface area contributed by atoms with Crippen LogP contribution in [0.4, 0.5) is 0 Å². The van der Waals surface area contributed by atoms with Gasteiger partial charge in [0.25, 0.3) is 10.0 Å². The Kier molecular flexibility index (Phi) is 7.03. The van der Waals surface area contributed by atoms with Gasteiger partial charge in [-0.1, -0.05) is 86.0 Å². The van der Waals surface area contributed by atoms with Gasteiger partial charge in [-0.15, -0.1) is 0 Å². The molecule has 0 fully saturated rings. The summed E-state index contributed by atoms with van der Waals surface area (Å²) in [6.45, 7) is 1.94. The van der Waals surface area contributed by atoms with Crippen LogP contribution in [0.2, 0.25) is 0 Å². The molecular weight excluding hydrogens is 768 g/mol. The Morgan fingerprint density at radius 3 is 1.55 bits per heavy atom. The molecule has 3 nitrogen and oxygen atoms in total. The molecule has 0 aliphatic rings. The van der Waals surface area contributed by atoms with Crippen LogP contribution in [0.25, 0.3) is 22.5 Å². The number of benzene rings is 3. The molecule has 0 saturated heterocycles. The SMILES string of the molecule is Cc1ccc(S(=O)(=O)n2c(-c3ccccc3Br)c(I)c(I)c2-c2ccccc2Br)cc1. The fourth-order valence-corrected chi connectivity index (χ4v) is 7.71. The molecule has 0 radical (unpaired) electrons. The Morgan fingerprint density at radius 2 is 1.13 bits per heavy atom. The molecule has 4 aromatic rings. The quantitative estimate of drug-likeness (QED) is 0.197. The van der Waals surface area contributed by atoms with E-state index in [1.165, 1.54) is 3.97 Å². The zero-order chi connectivity index (χ0) is 22.3. The van der Waals surface area contributed by atoms with E-state index >= 15 is 0 Å². The van der Waals surface area contributed by atoms with Crippen LogP contribution >= 0.6 is 77.0 Å². The van der Waals surface area contributed by atoms with Crippen LogP contribution in [0, 0.1) is 14.1 Å². The van der Waals surface area contributed by atoms with Crippen molar-refractivity contribution in [1.29, 1.82) is 0 Å². The molecule has 0 bridgehead atoms. The molecule has 0 N–H and O–H groups in total. The Bertz CT molecular complexity index is 1330. The van der Waals surface area contributed by atoms with Crippen LogP contribution in [-0.4, -0.2) is 12.4 Å². The molecule has 1 heterocycles. The second-order valence-corrected chi connectivity index (χ2v) is 12.5. The summed E-state index contributed by atoms with van der Waals surface area (Å²) in [6.07, 6.45) is 0. The fourth-order valence-electron chi connectivity index (χ4n) is 3.32. The van der Waals surface area contributed by atoms with Gasteiger partial charge in [-0.05, 0) is 76.4 Å². The highest BCUT2D eigenvalue weighted by Crippen LogP contribution is 2.44. The third-order valence-electron chi connectivity index (χ3n) is 4.83. The molecule has 0 aliphatic heterocycles. The van der Waals surface area contributed by atoms with Crippen LogP contribution < -0.4 is 0 Å². The Hall–Kier alpha value is -0.690. The lowest BCUT2D eigenvalue weighted by molar-refractivity contribution is 0.588. The van der Waals surface area contributed by atoms with E-state index < -0.39 is 10.0 Å². The van der Waals surface area contributed by atoms with Gasteiger partial charge in [0.15, 0.2) is 0 Å². The molecule has 0 saturated carbocycles. The first-order chi connectivity index (χ1) is 14.7. The highest BCUT2D eigenvalue weighted by Gasteiger charge is 2.32. The van der Waals surface area contributed by atoms with Gasteiger partial charge in [0.1, 0.15) is 0 Å².